The Morgan fingerprint density at radius 2 is 0.909 bits per heavy atom. The number of hydrogen-bond acceptors (Lipinski definition) is 4. The first kappa shape index (κ1) is 24.9. The van der Waals surface area contributed by atoms with Crippen molar-refractivity contribution in [2.24, 2.45) is 0 Å². The topological polar surface area (TPSA) is 18.5 Å². The molecule has 2 nitrogen and oxygen atoms in total. The van der Waals surface area contributed by atoms with Crippen LogP contribution in [0.15, 0.2) is 0 Å². The normalized spacial score (nSPS) is 11.5. The minimum atomic E-state index is 0.388. The van der Waals surface area contributed by atoms with E-state index in [1.54, 1.807) is 0 Å². The van der Waals surface area contributed by atoms with Crippen LogP contribution in [-0.2, 0) is 9.47 Å². The molecule has 0 saturated heterocycles. The molecular weight excluding hydrogens is 312 g/mol. The van der Waals surface area contributed by atoms with Gasteiger partial charge in [-0.05, 0) is 62.5 Å². The standard InChI is InChI=1S/2C9H20OS/c2*1-8(2)10-6-5-7-11-9(3)4/h2*8-9H,5-7H2,1-4H3. The molecule has 0 atom stereocenters. The van der Waals surface area contributed by atoms with Crippen LogP contribution >= 0.6 is 23.5 Å². The Hall–Kier alpha value is 0.620. The van der Waals surface area contributed by atoms with E-state index < -0.39 is 0 Å². The number of thioether (sulfide) groups is 2. The highest BCUT2D eigenvalue weighted by atomic mass is 32.2. The van der Waals surface area contributed by atoms with E-state index in [2.05, 4.69) is 55.4 Å². The van der Waals surface area contributed by atoms with E-state index in [4.69, 9.17) is 9.47 Å². The van der Waals surface area contributed by atoms with Crippen LogP contribution < -0.4 is 0 Å². The molecule has 0 radical (unpaired) electrons. The third-order valence-electron chi connectivity index (χ3n) is 2.38. The van der Waals surface area contributed by atoms with Crippen LogP contribution in [0.5, 0.6) is 0 Å². The summed E-state index contributed by atoms with van der Waals surface area (Å²) in [6, 6.07) is 0. The monoisotopic (exact) mass is 352 g/mol. The van der Waals surface area contributed by atoms with E-state index in [0.29, 0.717) is 12.2 Å². The quantitative estimate of drug-likeness (QED) is 0.408. The zero-order valence-corrected chi connectivity index (χ0v) is 17.8. The fraction of sp³-hybridized carbons (Fsp3) is 1.00. The van der Waals surface area contributed by atoms with E-state index in [1.165, 1.54) is 24.3 Å². The van der Waals surface area contributed by atoms with E-state index >= 15 is 0 Å². The molecule has 0 aromatic heterocycles. The smallest absolute Gasteiger partial charge is 0.0518 e. The molecule has 136 valence electrons. The molecule has 0 spiro atoms. The summed E-state index contributed by atoms with van der Waals surface area (Å²) in [5, 5.41) is 1.52. The zero-order chi connectivity index (χ0) is 17.4. The maximum atomic E-state index is 5.41. The Morgan fingerprint density at radius 1 is 0.591 bits per heavy atom. The molecule has 0 aliphatic carbocycles. The van der Waals surface area contributed by atoms with Gasteiger partial charge >= 0.3 is 0 Å². The van der Waals surface area contributed by atoms with Crippen molar-refractivity contribution in [2.75, 3.05) is 24.7 Å². The first-order valence-corrected chi connectivity index (χ1v) is 10.8. The Kier molecular flexibility index (Phi) is 20.3. The van der Waals surface area contributed by atoms with Gasteiger partial charge in [-0.3, -0.25) is 0 Å². The first-order chi connectivity index (χ1) is 10.3. The van der Waals surface area contributed by atoms with Gasteiger partial charge in [-0.1, -0.05) is 27.7 Å². The molecule has 0 bridgehead atoms. The average molecular weight is 353 g/mol. The van der Waals surface area contributed by atoms with Crippen LogP contribution in [0.3, 0.4) is 0 Å². The molecular formula is C18H40O2S2. The van der Waals surface area contributed by atoms with Gasteiger partial charge < -0.3 is 9.47 Å². The maximum absolute atomic E-state index is 5.41. The van der Waals surface area contributed by atoms with Crippen LogP contribution in [0, 0.1) is 0 Å². The van der Waals surface area contributed by atoms with Crippen molar-refractivity contribution in [1.82, 2.24) is 0 Å². The van der Waals surface area contributed by atoms with Crippen LogP contribution in [0.2, 0.25) is 0 Å². The Bertz CT molecular complexity index is 165. The van der Waals surface area contributed by atoms with E-state index in [0.717, 1.165) is 23.7 Å². The van der Waals surface area contributed by atoms with Crippen molar-refractivity contribution < 1.29 is 9.47 Å². The molecule has 0 fully saturated rings. The van der Waals surface area contributed by atoms with Gasteiger partial charge in [-0.15, -0.1) is 0 Å². The van der Waals surface area contributed by atoms with Crippen molar-refractivity contribution in [3.05, 3.63) is 0 Å². The summed E-state index contributed by atoms with van der Waals surface area (Å²) in [5.41, 5.74) is 0. The average Bonchev–Trinajstić information content (AvgIpc) is 2.37. The maximum Gasteiger partial charge on any atom is 0.0518 e. The summed E-state index contributed by atoms with van der Waals surface area (Å²) >= 11 is 4.01. The van der Waals surface area contributed by atoms with Gasteiger partial charge in [0.25, 0.3) is 0 Å². The molecule has 0 aromatic carbocycles. The predicted octanol–water partition coefficient (Wildman–Crippen LogP) is 5.89. The van der Waals surface area contributed by atoms with Gasteiger partial charge in [0.2, 0.25) is 0 Å². The van der Waals surface area contributed by atoms with Crippen molar-refractivity contribution >= 4 is 23.5 Å². The Morgan fingerprint density at radius 3 is 1.14 bits per heavy atom. The third-order valence-corrected chi connectivity index (χ3v) is 4.76. The summed E-state index contributed by atoms with van der Waals surface area (Å²) in [4.78, 5) is 0. The first-order valence-electron chi connectivity index (χ1n) is 8.72. The van der Waals surface area contributed by atoms with Crippen LogP contribution in [0.4, 0.5) is 0 Å². The molecule has 0 aliphatic rings. The van der Waals surface area contributed by atoms with Crippen molar-refractivity contribution in [3.8, 4) is 0 Å². The SMILES string of the molecule is CC(C)OCCCSC(C)C.CC(C)OCCCSC(C)C. The highest BCUT2D eigenvalue weighted by molar-refractivity contribution is 8.00. The highest BCUT2D eigenvalue weighted by Gasteiger charge is 1.96. The molecule has 0 N–H and O–H groups in total. The Balaban J connectivity index is 0. The number of hydrogen-bond donors (Lipinski definition) is 0. The minimum absolute atomic E-state index is 0.388. The highest BCUT2D eigenvalue weighted by Crippen LogP contribution is 2.10. The van der Waals surface area contributed by atoms with Crippen molar-refractivity contribution in [3.63, 3.8) is 0 Å². The largest absolute Gasteiger partial charge is 0.379 e. The Labute approximate surface area is 148 Å². The molecule has 4 heteroatoms. The molecule has 0 aromatic rings. The summed E-state index contributed by atoms with van der Waals surface area (Å²) in [6.07, 6.45) is 3.14. The molecule has 0 unspecified atom stereocenters. The number of ether oxygens (including phenoxy) is 2. The summed E-state index contributed by atoms with van der Waals surface area (Å²) < 4.78 is 10.8. The van der Waals surface area contributed by atoms with Gasteiger partial charge in [-0.25, -0.2) is 0 Å². The van der Waals surface area contributed by atoms with E-state index in [-0.39, 0.29) is 0 Å². The molecule has 0 saturated carbocycles. The minimum Gasteiger partial charge on any atom is -0.379 e. The molecule has 0 amide bonds. The fourth-order valence-corrected chi connectivity index (χ4v) is 2.91. The van der Waals surface area contributed by atoms with Gasteiger partial charge in [0, 0.05) is 13.2 Å². The van der Waals surface area contributed by atoms with Crippen molar-refractivity contribution in [1.29, 1.82) is 0 Å². The second-order valence-corrected chi connectivity index (χ2v) is 9.75. The predicted molar refractivity (Wildman–Crippen MR) is 107 cm³/mol. The third kappa shape index (κ3) is 28.7. The summed E-state index contributed by atoms with van der Waals surface area (Å²) in [7, 11) is 0. The van der Waals surface area contributed by atoms with E-state index in [1.807, 2.05) is 23.5 Å². The molecule has 0 heterocycles. The molecule has 0 aliphatic heterocycles. The van der Waals surface area contributed by atoms with Gasteiger partial charge in [0.05, 0.1) is 12.2 Å². The van der Waals surface area contributed by atoms with Gasteiger partial charge in [0.15, 0.2) is 0 Å². The van der Waals surface area contributed by atoms with Gasteiger partial charge in [-0.2, -0.15) is 23.5 Å². The van der Waals surface area contributed by atoms with Crippen LogP contribution in [0.25, 0.3) is 0 Å². The molecule has 0 rings (SSSR count). The summed E-state index contributed by atoms with van der Waals surface area (Å²) in [5.74, 6) is 2.45. The lowest BCUT2D eigenvalue weighted by Gasteiger charge is -2.07. The van der Waals surface area contributed by atoms with Crippen LogP contribution in [-0.4, -0.2) is 47.4 Å². The second-order valence-electron chi connectivity index (χ2n) is 6.39. The lowest BCUT2D eigenvalue weighted by molar-refractivity contribution is 0.0797. The number of rotatable bonds is 12. The zero-order valence-electron chi connectivity index (χ0n) is 16.2. The fourth-order valence-electron chi connectivity index (χ4n) is 1.39. The second kappa shape index (κ2) is 18.0. The summed E-state index contributed by atoms with van der Waals surface area (Å²) in [6.45, 7) is 19.1. The lowest BCUT2D eigenvalue weighted by atomic mass is 10.4. The van der Waals surface area contributed by atoms with Gasteiger partial charge in [0.1, 0.15) is 0 Å². The molecule has 22 heavy (non-hydrogen) atoms. The van der Waals surface area contributed by atoms with Crippen molar-refractivity contribution in [2.45, 2.75) is 90.9 Å². The van der Waals surface area contributed by atoms with Crippen LogP contribution in [0.1, 0.15) is 68.2 Å². The lowest BCUT2D eigenvalue weighted by Crippen LogP contribution is -2.04. The van der Waals surface area contributed by atoms with E-state index in [9.17, 15) is 0 Å².